The maximum absolute atomic E-state index is 13.2. The standard InChI is InChI=1S/C28H30N4O4/c1-36-22-9-5-6-19(16-22)26(33)18-25-27(34)30-24-17-20(10-11-23(24)29-25)28(35)32-14-12-31(13-15-32)21-7-3-2-4-8-21/h5-6,9-11,16-18,21H,2-4,7-8,12-15H2,1H3/b25-18-. The van der Waals surface area contributed by atoms with Crippen LogP contribution in [-0.2, 0) is 4.79 Å². The Kier molecular flexibility index (Phi) is 7.04. The first-order valence-corrected chi connectivity index (χ1v) is 12.6. The van der Waals surface area contributed by atoms with Crippen LogP contribution in [-0.4, -0.2) is 66.7 Å². The zero-order valence-electron chi connectivity index (χ0n) is 20.5. The summed E-state index contributed by atoms with van der Waals surface area (Å²) in [5, 5.41) is 0.802. The Morgan fingerprint density at radius 2 is 1.69 bits per heavy atom. The van der Waals surface area contributed by atoms with E-state index >= 15 is 0 Å². The Labute approximate surface area is 210 Å². The van der Waals surface area contributed by atoms with Crippen molar-refractivity contribution in [2.24, 2.45) is 9.98 Å². The highest BCUT2D eigenvalue weighted by Crippen LogP contribution is 2.23. The van der Waals surface area contributed by atoms with Crippen LogP contribution >= 0.6 is 0 Å². The highest BCUT2D eigenvalue weighted by atomic mass is 16.5. The molecule has 2 fully saturated rings. The van der Waals surface area contributed by atoms with Crippen molar-refractivity contribution in [1.82, 2.24) is 9.80 Å². The van der Waals surface area contributed by atoms with E-state index in [1.54, 1.807) is 42.5 Å². The molecule has 8 nitrogen and oxygen atoms in total. The average molecular weight is 487 g/mol. The number of allylic oxidation sites excluding steroid dienone is 1. The zero-order chi connectivity index (χ0) is 25.1. The van der Waals surface area contributed by atoms with E-state index in [2.05, 4.69) is 14.9 Å². The van der Waals surface area contributed by atoms with Gasteiger partial charge in [-0.05, 0) is 43.2 Å². The second-order valence-electron chi connectivity index (χ2n) is 9.48. The third-order valence-electron chi connectivity index (χ3n) is 7.22. The molecule has 2 aliphatic heterocycles. The van der Waals surface area contributed by atoms with Gasteiger partial charge in [-0.3, -0.25) is 19.3 Å². The van der Waals surface area contributed by atoms with E-state index in [1.165, 1.54) is 45.3 Å². The van der Waals surface area contributed by atoms with Crippen LogP contribution in [0.5, 0.6) is 5.75 Å². The van der Waals surface area contributed by atoms with Gasteiger partial charge < -0.3 is 9.64 Å². The van der Waals surface area contributed by atoms with Crippen molar-refractivity contribution >= 4 is 17.6 Å². The van der Waals surface area contributed by atoms with Gasteiger partial charge in [-0.2, -0.15) is 0 Å². The lowest BCUT2D eigenvalue weighted by atomic mass is 9.94. The molecule has 1 saturated heterocycles. The topological polar surface area (TPSA) is 91.6 Å². The minimum Gasteiger partial charge on any atom is -0.497 e. The molecule has 8 heteroatoms. The molecule has 186 valence electrons. The summed E-state index contributed by atoms with van der Waals surface area (Å²) in [7, 11) is 1.52. The molecule has 2 aromatic carbocycles. The van der Waals surface area contributed by atoms with E-state index in [0.717, 1.165) is 13.1 Å². The molecule has 2 amide bonds. The number of hydrogen-bond donors (Lipinski definition) is 0. The van der Waals surface area contributed by atoms with Crippen LogP contribution in [0, 0.1) is 0 Å². The molecule has 3 aliphatic rings. The highest BCUT2D eigenvalue weighted by molar-refractivity contribution is 6.10. The molecule has 1 saturated carbocycles. The predicted molar refractivity (Wildman–Crippen MR) is 134 cm³/mol. The largest absolute Gasteiger partial charge is 0.497 e. The first kappa shape index (κ1) is 24.1. The SMILES string of the molecule is COc1cccc(C(=O)/C=C2\N=c3ccc(C(=O)N4CCN(C5CCCCC5)CC4)cc3=NC2=O)c1. The lowest BCUT2D eigenvalue weighted by Gasteiger charge is -2.40. The normalized spacial score (nSPS) is 19.9. The number of ether oxygens (including phenoxy) is 1. The quantitative estimate of drug-likeness (QED) is 0.478. The van der Waals surface area contributed by atoms with Gasteiger partial charge >= 0.3 is 0 Å². The number of amides is 2. The van der Waals surface area contributed by atoms with E-state index in [1.807, 2.05) is 4.90 Å². The van der Waals surface area contributed by atoms with Crippen molar-refractivity contribution in [3.63, 3.8) is 0 Å². The van der Waals surface area contributed by atoms with Crippen LogP contribution in [0.3, 0.4) is 0 Å². The smallest absolute Gasteiger partial charge is 0.296 e. The molecule has 0 N–H and O–H groups in total. The van der Waals surface area contributed by atoms with E-state index in [4.69, 9.17) is 4.74 Å². The number of rotatable bonds is 5. The molecular formula is C28H30N4O4. The van der Waals surface area contributed by atoms with Crippen molar-refractivity contribution in [3.05, 3.63) is 76.1 Å². The molecule has 0 aromatic heterocycles. The molecular weight excluding hydrogens is 456 g/mol. The number of carbonyl (C=O) groups excluding carboxylic acids is 3. The van der Waals surface area contributed by atoms with Crippen molar-refractivity contribution in [3.8, 4) is 5.75 Å². The van der Waals surface area contributed by atoms with Gasteiger partial charge in [-0.15, -0.1) is 0 Å². The van der Waals surface area contributed by atoms with Crippen LogP contribution < -0.4 is 15.5 Å². The fourth-order valence-electron chi connectivity index (χ4n) is 5.18. The number of carbonyl (C=O) groups is 3. The fourth-order valence-corrected chi connectivity index (χ4v) is 5.18. The summed E-state index contributed by atoms with van der Waals surface area (Å²) in [6.45, 7) is 3.20. The second-order valence-corrected chi connectivity index (χ2v) is 9.48. The lowest BCUT2D eigenvalue weighted by molar-refractivity contribution is -0.114. The maximum Gasteiger partial charge on any atom is 0.296 e. The summed E-state index contributed by atoms with van der Waals surface area (Å²) >= 11 is 0. The van der Waals surface area contributed by atoms with E-state index in [-0.39, 0.29) is 17.4 Å². The van der Waals surface area contributed by atoms with Gasteiger partial charge in [-0.1, -0.05) is 31.4 Å². The minimum absolute atomic E-state index is 0.0340. The summed E-state index contributed by atoms with van der Waals surface area (Å²) in [6.07, 6.45) is 7.66. The highest BCUT2D eigenvalue weighted by Gasteiger charge is 2.27. The Morgan fingerprint density at radius 3 is 2.44 bits per heavy atom. The van der Waals surface area contributed by atoms with Gasteiger partial charge in [0.15, 0.2) is 5.78 Å². The van der Waals surface area contributed by atoms with Crippen LogP contribution in [0.4, 0.5) is 0 Å². The van der Waals surface area contributed by atoms with Gasteiger partial charge in [-0.25, -0.2) is 9.98 Å². The third-order valence-corrected chi connectivity index (χ3v) is 7.22. The summed E-state index contributed by atoms with van der Waals surface area (Å²) in [5.41, 5.74) is 0.847. The number of ketones is 1. The molecule has 2 heterocycles. The Bertz CT molecular complexity index is 1340. The van der Waals surface area contributed by atoms with E-state index in [9.17, 15) is 14.4 Å². The van der Waals surface area contributed by atoms with Gasteiger partial charge in [0.1, 0.15) is 11.4 Å². The summed E-state index contributed by atoms with van der Waals surface area (Å²) < 4.78 is 5.15. The van der Waals surface area contributed by atoms with Gasteiger partial charge in [0.2, 0.25) is 0 Å². The van der Waals surface area contributed by atoms with Gasteiger partial charge in [0.25, 0.3) is 11.8 Å². The summed E-state index contributed by atoms with van der Waals surface area (Å²) in [6, 6.07) is 12.4. The Hall–Kier alpha value is -3.65. The number of hydrogen-bond acceptors (Lipinski definition) is 6. The predicted octanol–water partition coefficient (Wildman–Crippen LogP) is 2.33. The van der Waals surface area contributed by atoms with Crippen molar-refractivity contribution in [2.45, 2.75) is 38.1 Å². The van der Waals surface area contributed by atoms with Crippen molar-refractivity contribution in [2.75, 3.05) is 33.3 Å². The molecule has 0 unspecified atom stereocenters. The molecule has 0 bridgehead atoms. The molecule has 0 spiro atoms. The number of fused-ring (bicyclic) bond motifs is 1. The van der Waals surface area contributed by atoms with Gasteiger partial charge in [0.05, 0.1) is 17.8 Å². The summed E-state index contributed by atoms with van der Waals surface area (Å²) in [5.74, 6) is -0.477. The molecule has 0 atom stereocenters. The molecule has 5 rings (SSSR count). The average Bonchev–Trinajstić information content (AvgIpc) is 2.93. The number of benzene rings is 2. The van der Waals surface area contributed by atoms with Crippen LogP contribution in [0.15, 0.2) is 64.2 Å². The first-order chi connectivity index (χ1) is 17.5. The van der Waals surface area contributed by atoms with Gasteiger partial charge in [0, 0.05) is 49.4 Å². The zero-order valence-corrected chi connectivity index (χ0v) is 20.5. The summed E-state index contributed by atoms with van der Waals surface area (Å²) in [4.78, 5) is 51.3. The van der Waals surface area contributed by atoms with E-state index in [0.29, 0.717) is 46.7 Å². The molecule has 36 heavy (non-hydrogen) atoms. The van der Waals surface area contributed by atoms with Crippen LogP contribution in [0.2, 0.25) is 0 Å². The monoisotopic (exact) mass is 486 g/mol. The Balaban J connectivity index is 1.30. The number of methoxy groups -OCH3 is 1. The second kappa shape index (κ2) is 10.5. The van der Waals surface area contributed by atoms with Crippen LogP contribution in [0.1, 0.15) is 52.8 Å². The molecule has 0 radical (unpaired) electrons. The van der Waals surface area contributed by atoms with Crippen LogP contribution in [0.25, 0.3) is 0 Å². The minimum atomic E-state index is -0.607. The van der Waals surface area contributed by atoms with Crippen molar-refractivity contribution in [1.29, 1.82) is 0 Å². The van der Waals surface area contributed by atoms with E-state index < -0.39 is 5.91 Å². The lowest BCUT2D eigenvalue weighted by Crippen LogP contribution is -2.52. The van der Waals surface area contributed by atoms with Crippen molar-refractivity contribution < 1.29 is 19.1 Å². The first-order valence-electron chi connectivity index (χ1n) is 12.6. The Morgan fingerprint density at radius 1 is 0.917 bits per heavy atom. The molecule has 1 aliphatic carbocycles. The maximum atomic E-state index is 13.2. The third kappa shape index (κ3) is 5.14. The number of nitrogens with zero attached hydrogens (tertiary/aromatic N) is 4. The molecule has 2 aromatic rings. The number of piperazine rings is 1. The fraction of sp³-hybridized carbons (Fsp3) is 0.393.